The molecule has 0 saturated carbocycles. The van der Waals surface area contributed by atoms with Crippen molar-refractivity contribution >= 4 is 22.5 Å². The third kappa shape index (κ3) is 1.84. The standard InChI is InChI=1S/C16H18OS/c1-10(2)16-15(17)13-8-7-11-5-3-4-6-12(11)14(13)9-18-16/h3-8,10,15-17H,9H2,1-2H3. The van der Waals surface area contributed by atoms with Gasteiger partial charge in [0.2, 0.25) is 0 Å². The van der Waals surface area contributed by atoms with Crippen LogP contribution in [-0.4, -0.2) is 10.4 Å². The van der Waals surface area contributed by atoms with E-state index in [2.05, 4.69) is 50.2 Å². The molecule has 2 aromatic rings. The first-order chi connectivity index (χ1) is 8.68. The molecule has 3 rings (SSSR count). The third-order valence-corrected chi connectivity index (χ3v) is 5.43. The van der Waals surface area contributed by atoms with Crippen LogP contribution in [0.2, 0.25) is 0 Å². The molecule has 0 saturated heterocycles. The average molecular weight is 258 g/mol. The van der Waals surface area contributed by atoms with Gasteiger partial charge in [-0.2, -0.15) is 11.8 Å². The molecule has 0 aromatic heterocycles. The first kappa shape index (κ1) is 12.1. The predicted octanol–water partition coefficient (Wildman–Crippen LogP) is 4.14. The van der Waals surface area contributed by atoms with E-state index in [1.54, 1.807) is 0 Å². The van der Waals surface area contributed by atoms with Crippen molar-refractivity contribution in [1.82, 2.24) is 0 Å². The highest BCUT2D eigenvalue weighted by Crippen LogP contribution is 2.43. The second-order valence-electron chi connectivity index (χ2n) is 5.32. The van der Waals surface area contributed by atoms with Crippen LogP contribution >= 0.6 is 11.8 Å². The average Bonchev–Trinajstić information content (AvgIpc) is 2.38. The van der Waals surface area contributed by atoms with Crippen molar-refractivity contribution in [2.24, 2.45) is 5.92 Å². The normalized spacial score (nSPS) is 23.3. The summed E-state index contributed by atoms with van der Waals surface area (Å²) in [4.78, 5) is 0. The van der Waals surface area contributed by atoms with Crippen LogP contribution in [0.1, 0.15) is 31.1 Å². The Morgan fingerprint density at radius 2 is 1.94 bits per heavy atom. The van der Waals surface area contributed by atoms with Crippen LogP contribution in [0.4, 0.5) is 0 Å². The van der Waals surface area contributed by atoms with Crippen LogP contribution in [-0.2, 0) is 5.75 Å². The van der Waals surface area contributed by atoms with Crippen LogP contribution in [0.25, 0.3) is 10.8 Å². The highest BCUT2D eigenvalue weighted by Gasteiger charge is 2.31. The van der Waals surface area contributed by atoms with Crippen molar-refractivity contribution in [1.29, 1.82) is 0 Å². The van der Waals surface area contributed by atoms with Gasteiger partial charge in [0.1, 0.15) is 0 Å². The molecule has 94 valence electrons. The van der Waals surface area contributed by atoms with Crippen LogP contribution in [0.3, 0.4) is 0 Å². The summed E-state index contributed by atoms with van der Waals surface area (Å²) in [6.07, 6.45) is -0.330. The van der Waals surface area contributed by atoms with Crippen LogP contribution in [0.5, 0.6) is 0 Å². The van der Waals surface area contributed by atoms with E-state index >= 15 is 0 Å². The van der Waals surface area contributed by atoms with E-state index < -0.39 is 0 Å². The first-order valence-electron chi connectivity index (χ1n) is 6.48. The van der Waals surface area contributed by atoms with Gasteiger partial charge >= 0.3 is 0 Å². The van der Waals surface area contributed by atoms with Gasteiger partial charge in [-0.15, -0.1) is 0 Å². The van der Waals surface area contributed by atoms with E-state index in [0.717, 1.165) is 11.3 Å². The van der Waals surface area contributed by atoms with Crippen molar-refractivity contribution in [2.45, 2.75) is 31.0 Å². The largest absolute Gasteiger partial charge is 0.387 e. The second kappa shape index (κ2) is 4.60. The molecule has 0 radical (unpaired) electrons. The van der Waals surface area contributed by atoms with Gasteiger partial charge in [-0.05, 0) is 27.8 Å². The van der Waals surface area contributed by atoms with Gasteiger partial charge in [-0.25, -0.2) is 0 Å². The van der Waals surface area contributed by atoms with Crippen LogP contribution in [0.15, 0.2) is 36.4 Å². The molecule has 1 aliphatic rings. The van der Waals surface area contributed by atoms with Gasteiger partial charge in [-0.1, -0.05) is 50.2 Å². The molecule has 2 aromatic carbocycles. The van der Waals surface area contributed by atoms with E-state index in [1.807, 2.05) is 11.8 Å². The van der Waals surface area contributed by atoms with Gasteiger partial charge in [0.15, 0.2) is 0 Å². The van der Waals surface area contributed by atoms with Gasteiger partial charge in [0, 0.05) is 11.0 Å². The van der Waals surface area contributed by atoms with Crippen molar-refractivity contribution in [2.75, 3.05) is 0 Å². The summed E-state index contributed by atoms with van der Waals surface area (Å²) in [5.41, 5.74) is 2.45. The van der Waals surface area contributed by atoms with Crippen LogP contribution < -0.4 is 0 Å². The lowest BCUT2D eigenvalue weighted by molar-refractivity contribution is 0.156. The minimum atomic E-state index is -0.330. The third-order valence-electron chi connectivity index (χ3n) is 3.78. The van der Waals surface area contributed by atoms with Crippen molar-refractivity contribution < 1.29 is 5.11 Å². The number of aliphatic hydroxyl groups excluding tert-OH is 1. The Bertz CT molecular complexity index is 576. The number of hydrogen-bond donors (Lipinski definition) is 1. The Balaban J connectivity index is 2.14. The molecule has 2 atom stereocenters. The monoisotopic (exact) mass is 258 g/mol. The fraction of sp³-hybridized carbons (Fsp3) is 0.375. The number of hydrogen-bond acceptors (Lipinski definition) is 2. The van der Waals surface area contributed by atoms with Gasteiger partial charge in [-0.3, -0.25) is 0 Å². The minimum absolute atomic E-state index is 0.318. The maximum absolute atomic E-state index is 10.5. The summed E-state index contributed by atoms with van der Waals surface area (Å²) in [6, 6.07) is 12.7. The number of fused-ring (bicyclic) bond motifs is 3. The number of aliphatic hydroxyl groups is 1. The summed E-state index contributed by atoms with van der Waals surface area (Å²) in [7, 11) is 0. The lowest BCUT2D eigenvalue weighted by Crippen LogP contribution is -2.25. The zero-order chi connectivity index (χ0) is 12.7. The summed E-state index contributed by atoms with van der Waals surface area (Å²) in [5.74, 6) is 1.51. The molecule has 0 amide bonds. The zero-order valence-electron chi connectivity index (χ0n) is 10.8. The predicted molar refractivity (Wildman–Crippen MR) is 78.8 cm³/mol. The lowest BCUT2D eigenvalue weighted by atomic mass is 9.91. The summed E-state index contributed by atoms with van der Waals surface area (Å²) >= 11 is 1.89. The first-order valence-corrected chi connectivity index (χ1v) is 7.53. The molecule has 1 nitrogen and oxygen atoms in total. The van der Waals surface area contributed by atoms with Gasteiger partial charge in [0.05, 0.1) is 6.10 Å². The lowest BCUT2D eigenvalue weighted by Gasteiger charge is -2.33. The summed E-state index contributed by atoms with van der Waals surface area (Å²) in [6.45, 7) is 4.37. The number of benzene rings is 2. The maximum Gasteiger partial charge on any atom is 0.0914 e. The van der Waals surface area contributed by atoms with Crippen LogP contribution in [0, 0.1) is 5.92 Å². The molecular formula is C16H18OS. The fourth-order valence-corrected chi connectivity index (χ4v) is 4.19. The highest BCUT2D eigenvalue weighted by atomic mass is 32.2. The SMILES string of the molecule is CC(C)C1SCc2c(ccc3ccccc23)C1O. The molecule has 18 heavy (non-hydrogen) atoms. The molecule has 0 bridgehead atoms. The Kier molecular flexibility index (Phi) is 3.08. The molecular weight excluding hydrogens is 240 g/mol. The van der Waals surface area contributed by atoms with Gasteiger partial charge in [0.25, 0.3) is 0 Å². The molecule has 1 heterocycles. The number of thioether (sulfide) groups is 1. The van der Waals surface area contributed by atoms with E-state index in [0.29, 0.717) is 11.2 Å². The quantitative estimate of drug-likeness (QED) is 0.829. The smallest absolute Gasteiger partial charge is 0.0914 e. The van der Waals surface area contributed by atoms with Crippen molar-refractivity contribution in [3.8, 4) is 0 Å². The summed E-state index contributed by atoms with van der Waals surface area (Å²) in [5, 5.41) is 13.4. The molecule has 1 aliphatic heterocycles. The molecule has 2 unspecified atom stereocenters. The van der Waals surface area contributed by atoms with E-state index in [-0.39, 0.29) is 6.10 Å². The van der Waals surface area contributed by atoms with E-state index in [1.165, 1.54) is 16.3 Å². The minimum Gasteiger partial charge on any atom is -0.387 e. The highest BCUT2D eigenvalue weighted by molar-refractivity contribution is 7.99. The Morgan fingerprint density at radius 3 is 2.72 bits per heavy atom. The van der Waals surface area contributed by atoms with Gasteiger partial charge < -0.3 is 5.11 Å². The van der Waals surface area contributed by atoms with Crippen molar-refractivity contribution in [3.63, 3.8) is 0 Å². The Morgan fingerprint density at radius 1 is 1.17 bits per heavy atom. The molecule has 0 fully saturated rings. The van der Waals surface area contributed by atoms with E-state index in [9.17, 15) is 5.11 Å². The molecule has 0 aliphatic carbocycles. The van der Waals surface area contributed by atoms with E-state index in [4.69, 9.17) is 0 Å². The Hall–Kier alpha value is -0.990. The molecule has 0 spiro atoms. The topological polar surface area (TPSA) is 20.2 Å². The maximum atomic E-state index is 10.5. The molecule has 2 heteroatoms. The molecule has 1 N–H and O–H groups in total. The summed E-state index contributed by atoms with van der Waals surface area (Å²) < 4.78 is 0. The van der Waals surface area contributed by atoms with Crippen molar-refractivity contribution in [3.05, 3.63) is 47.5 Å². The number of rotatable bonds is 1. The Labute approximate surface area is 112 Å². The second-order valence-corrected chi connectivity index (χ2v) is 6.49. The fourth-order valence-electron chi connectivity index (χ4n) is 2.80. The zero-order valence-corrected chi connectivity index (χ0v) is 11.6.